The minimum atomic E-state index is 0.0953. The van der Waals surface area contributed by atoms with Gasteiger partial charge < -0.3 is 19.7 Å². The molecular formula is C17H35N3O2. The van der Waals surface area contributed by atoms with Gasteiger partial charge in [0.05, 0.1) is 19.3 Å². The maximum atomic E-state index is 5.61. The third-order valence-corrected chi connectivity index (χ3v) is 4.14. The van der Waals surface area contributed by atoms with Crippen LogP contribution in [0.2, 0.25) is 0 Å². The zero-order valence-electron chi connectivity index (χ0n) is 15.3. The molecule has 0 aromatic carbocycles. The van der Waals surface area contributed by atoms with Gasteiger partial charge in [-0.1, -0.05) is 20.8 Å². The Morgan fingerprint density at radius 3 is 2.64 bits per heavy atom. The van der Waals surface area contributed by atoms with Crippen LogP contribution in [-0.4, -0.2) is 63.5 Å². The van der Waals surface area contributed by atoms with Gasteiger partial charge in [-0.25, -0.2) is 0 Å². The molecule has 1 aliphatic rings. The van der Waals surface area contributed by atoms with E-state index in [2.05, 4.69) is 44.8 Å². The number of hydrogen-bond donors (Lipinski definition) is 1. The van der Waals surface area contributed by atoms with E-state index in [4.69, 9.17) is 14.5 Å². The number of nitrogens with zero attached hydrogens (tertiary/aromatic N) is 2. The van der Waals surface area contributed by atoms with E-state index in [1.807, 2.05) is 0 Å². The van der Waals surface area contributed by atoms with Crippen molar-refractivity contribution in [1.29, 1.82) is 0 Å². The fourth-order valence-electron chi connectivity index (χ4n) is 2.74. The Bertz CT molecular complexity index is 339. The number of methoxy groups -OCH3 is 1. The van der Waals surface area contributed by atoms with Gasteiger partial charge in [-0.15, -0.1) is 0 Å². The minimum Gasteiger partial charge on any atom is -0.381 e. The largest absolute Gasteiger partial charge is 0.381 e. The molecule has 1 N–H and O–H groups in total. The van der Waals surface area contributed by atoms with Gasteiger partial charge in [0, 0.05) is 39.3 Å². The fraction of sp³-hybridized carbons (Fsp3) is 0.941. The monoisotopic (exact) mass is 313 g/mol. The van der Waals surface area contributed by atoms with E-state index in [9.17, 15) is 0 Å². The zero-order chi connectivity index (χ0) is 16.6. The van der Waals surface area contributed by atoms with Gasteiger partial charge in [0.1, 0.15) is 0 Å². The molecule has 0 aliphatic carbocycles. The van der Waals surface area contributed by atoms with Gasteiger partial charge in [0.2, 0.25) is 0 Å². The van der Waals surface area contributed by atoms with Crippen LogP contribution in [0.25, 0.3) is 0 Å². The lowest BCUT2D eigenvalue weighted by Gasteiger charge is -2.29. The van der Waals surface area contributed by atoms with Gasteiger partial charge in [-0.2, -0.15) is 0 Å². The molecule has 0 saturated carbocycles. The summed E-state index contributed by atoms with van der Waals surface area (Å²) in [5, 5.41) is 3.41. The molecule has 0 aromatic heterocycles. The van der Waals surface area contributed by atoms with Gasteiger partial charge in [0.15, 0.2) is 5.96 Å². The standard InChI is InChI=1S/C17H35N3O2/c1-7-18-16(19-11-15(21-6)17(3,4)5)20-10-9-14(12-20)13-22-8-2/h14-15H,7-13H2,1-6H3,(H,18,19). The summed E-state index contributed by atoms with van der Waals surface area (Å²) in [5.74, 6) is 1.62. The molecule has 0 amide bonds. The van der Waals surface area contributed by atoms with E-state index in [0.717, 1.165) is 38.8 Å². The molecular weight excluding hydrogens is 278 g/mol. The van der Waals surface area contributed by atoms with E-state index in [-0.39, 0.29) is 11.5 Å². The summed E-state index contributed by atoms with van der Waals surface area (Å²) in [7, 11) is 1.77. The van der Waals surface area contributed by atoms with Crippen LogP contribution in [0.15, 0.2) is 4.99 Å². The quantitative estimate of drug-likeness (QED) is 0.579. The smallest absolute Gasteiger partial charge is 0.194 e. The van der Waals surface area contributed by atoms with Crippen LogP contribution in [0, 0.1) is 11.3 Å². The Kier molecular flexibility index (Phi) is 8.18. The highest BCUT2D eigenvalue weighted by Gasteiger charge is 2.27. The van der Waals surface area contributed by atoms with Crippen LogP contribution in [0.1, 0.15) is 41.0 Å². The van der Waals surface area contributed by atoms with Crippen LogP contribution in [-0.2, 0) is 9.47 Å². The first-order chi connectivity index (χ1) is 10.4. The Balaban J connectivity index is 2.63. The lowest BCUT2D eigenvalue weighted by atomic mass is 9.89. The topological polar surface area (TPSA) is 46.1 Å². The Morgan fingerprint density at radius 1 is 1.36 bits per heavy atom. The van der Waals surface area contributed by atoms with Crippen LogP contribution >= 0.6 is 0 Å². The van der Waals surface area contributed by atoms with Crippen LogP contribution in [0.3, 0.4) is 0 Å². The van der Waals surface area contributed by atoms with Crippen LogP contribution in [0.5, 0.6) is 0 Å². The first-order valence-corrected chi connectivity index (χ1v) is 8.56. The van der Waals surface area contributed by atoms with Crippen molar-refractivity contribution >= 4 is 5.96 Å². The highest BCUT2D eigenvalue weighted by atomic mass is 16.5. The molecule has 0 aromatic rings. The average molecular weight is 313 g/mol. The molecule has 1 fully saturated rings. The molecule has 2 atom stereocenters. The van der Waals surface area contributed by atoms with E-state index >= 15 is 0 Å². The molecule has 22 heavy (non-hydrogen) atoms. The number of ether oxygens (including phenoxy) is 2. The molecule has 5 nitrogen and oxygen atoms in total. The lowest BCUT2D eigenvalue weighted by Crippen LogP contribution is -2.41. The number of aliphatic imine (C=N–C) groups is 1. The first-order valence-electron chi connectivity index (χ1n) is 8.56. The molecule has 5 heteroatoms. The highest BCUT2D eigenvalue weighted by molar-refractivity contribution is 5.80. The summed E-state index contributed by atoms with van der Waals surface area (Å²) in [6.07, 6.45) is 1.31. The SMILES string of the molecule is CCNC(=NCC(OC)C(C)(C)C)N1CCC(COCC)C1. The van der Waals surface area contributed by atoms with Gasteiger partial charge in [0.25, 0.3) is 0 Å². The first kappa shape index (κ1) is 19.2. The second-order valence-electron chi connectivity index (χ2n) is 7.05. The molecule has 0 spiro atoms. The summed E-state index contributed by atoms with van der Waals surface area (Å²) in [5.41, 5.74) is 0.0953. The molecule has 1 heterocycles. The second kappa shape index (κ2) is 9.36. The minimum absolute atomic E-state index is 0.0953. The van der Waals surface area contributed by atoms with Crippen molar-refractivity contribution in [3.05, 3.63) is 0 Å². The maximum Gasteiger partial charge on any atom is 0.194 e. The fourth-order valence-corrected chi connectivity index (χ4v) is 2.74. The molecule has 130 valence electrons. The van der Waals surface area contributed by atoms with Gasteiger partial charge in [-0.05, 0) is 25.7 Å². The highest BCUT2D eigenvalue weighted by Crippen LogP contribution is 2.22. The van der Waals surface area contributed by atoms with E-state index in [1.54, 1.807) is 7.11 Å². The number of hydrogen-bond acceptors (Lipinski definition) is 3. The summed E-state index contributed by atoms with van der Waals surface area (Å²) < 4.78 is 11.2. The van der Waals surface area contributed by atoms with Gasteiger partial charge in [-0.3, -0.25) is 4.99 Å². The van der Waals surface area contributed by atoms with E-state index in [0.29, 0.717) is 12.5 Å². The molecule has 0 radical (unpaired) electrons. The Labute approximate surface area is 136 Å². The third kappa shape index (κ3) is 6.13. The molecule has 2 unspecified atom stereocenters. The third-order valence-electron chi connectivity index (χ3n) is 4.14. The normalized spacial score (nSPS) is 21.3. The second-order valence-corrected chi connectivity index (χ2v) is 7.05. The molecule has 1 saturated heterocycles. The Morgan fingerprint density at radius 2 is 2.09 bits per heavy atom. The van der Waals surface area contributed by atoms with Crippen molar-refractivity contribution in [3.63, 3.8) is 0 Å². The molecule has 0 bridgehead atoms. The van der Waals surface area contributed by atoms with Crippen LogP contribution < -0.4 is 5.32 Å². The van der Waals surface area contributed by atoms with Crippen molar-refractivity contribution < 1.29 is 9.47 Å². The number of nitrogens with one attached hydrogen (secondary N) is 1. The average Bonchev–Trinajstić information content (AvgIpc) is 2.91. The maximum absolute atomic E-state index is 5.61. The van der Waals surface area contributed by atoms with Crippen LogP contribution in [0.4, 0.5) is 0 Å². The van der Waals surface area contributed by atoms with Gasteiger partial charge >= 0.3 is 0 Å². The molecule has 1 aliphatic heterocycles. The summed E-state index contributed by atoms with van der Waals surface area (Å²) in [4.78, 5) is 7.16. The summed E-state index contributed by atoms with van der Waals surface area (Å²) >= 11 is 0. The number of likely N-dealkylation sites (tertiary alicyclic amines) is 1. The van der Waals surface area contributed by atoms with E-state index in [1.165, 1.54) is 6.42 Å². The summed E-state index contributed by atoms with van der Waals surface area (Å²) in [6, 6.07) is 0. The van der Waals surface area contributed by atoms with Crippen molar-refractivity contribution in [2.75, 3.05) is 46.5 Å². The zero-order valence-corrected chi connectivity index (χ0v) is 15.3. The van der Waals surface area contributed by atoms with Crippen molar-refractivity contribution in [3.8, 4) is 0 Å². The number of guanidine groups is 1. The summed E-state index contributed by atoms with van der Waals surface area (Å²) in [6.45, 7) is 16.0. The molecule has 1 rings (SSSR count). The van der Waals surface area contributed by atoms with E-state index < -0.39 is 0 Å². The lowest BCUT2D eigenvalue weighted by molar-refractivity contribution is 0.0240. The Hall–Kier alpha value is -0.810. The number of rotatable bonds is 7. The predicted octanol–water partition coefficient (Wildman–Crippen LogP) is 2.37. The van der Waals surface area contributed by atoms with Crippen molar-refractivity contribution in [1.82, 2.24) is 10.2 Å². The van der Waals surface area contributed by atoms with Crippen molar-refractivity contribution in [2.45, 2.75) is 47.1 Å². The van der Waals surface area contributed by atoms with Crippen molar-refractivity contribution in [2.24, 2.45) is 16.3 Å². The predicted molar refractivity (Wildman–Crippen MR) is 92.4 cm³/mol.